The molecule has 18 heavy (non-hydrogen) atoms. The van der Waals surface area contributed by atoms with Crippen molar-refractivity contribution in [1.29, 1.82) is 0 Å². The third-order valence-electron chi connectivity index (χ3n) is 2.82. The van der Waals surface area contributed by atoms with Gasteiger partial charge in [0, 0.05) is 13.1 Å². The van der Waals surface area contributed by atoms with E-state index in [-0.39, 0.29) is 9.90 Å². The number of carbonyl (C=O) groups is 1. The number of hydrogen-bond acceptors (Lipinski definition) is 5. The molecule has 6 nitrogen and oxygen atoms in total. The molecular weight excluding hydrogens is 276 g/mol. The average molecular weight is 290 g/mol. The van der Waals surface area contributed by atoms with Gasteiger partial charge in [-0.15, -0.1) is 11.3 Å². The van der Waals surface area contributed by atoms with Crippen molar-refractivity contribution in [3.63, 3.8) is 0 Å². The molecule has 0 aliphatic heterocycles. The molecule has 1 fully saturated rings. The summed E-state index contributed by atoms with van der Waals surface area (Å²) in [6.45, 7) is 2.56. The van der Waals surface area contributed by atoms with Crippen molar-refractivity contribution in [1.82, 2.24) is 9.29 Å². The molecule has 1 saturated carbocycles. The summed E-state index contributed by atoms with van der Waals surface area (Å²) in [6.07, 6.45) is 2.08. The van der Waals surface area contributed by atoms with E-state index in [4.69, 9.17) is 5.11 Å². The highest BCUT2D eigenvalue weighted by molar-refractivity contribution is 7.91. The highest BCUT2D eigenvalue weighted by Crippen LogP contribution is 2.32. The topological polar surface area (TPSA) is 87.6 Å². The first kappa shape index (κ1) is 13.4. The second kappa shape index (κ2) is 4.94. The molecule has 0 saturated heterocycles. The van der Waals surface area contributed by atoms with Crippen LogP contribution in [0.3, 0.4) is 0 Å². The maximum Gasteiger partial charge on any atom is 0.356 e. The van der Waals surface area contributed by atoms with Crippen molar-refractivity contribution >= 4 is 27.3 Å². The zero-order valence-electron chi connectivity index (χ0n) is 9.87. The molecule has 1 aromatic rings. The van der Waals surface area contributed by atoms with Gasteiger partial charge in [0.2, 0.25) is 0 Å². The summed E-state index contributed by atoms with van der Waals surface area (Å²) in [5.41, 5.74) is 0.871. The van der Waals surface area contributed by atoms with E-state index >= 15 is 0 Å². The van der Waals surface area contributed by atoms with Crippen molar-refractivity contribution in [2.24, 2.45) is 5.92 Å². The highest BCUT2D eigenvalue weighted by atomic mass is 32.2. The Morgan fingerprint density at radius 1 is 1.61 bits per heavy atom. The van der Waals surface area contributed by atoms with Gasteiger partial charge in [0.25, 0.3) is 10.0 Å². The van der Waals surface area contributed by atoms with E-state index in [2.05, 4.69) is 4.98 Å². The lowest BCUT2D eigenvalue weighted by molar-refractivity contribution is 0.0687. The van der Waals surface area contributed by atoms with Crippen LogP contribution in [0.5, 0.6) is 0 Å². The highest BCUT2D eigenvalue weighted by Gasteiger charge is 2.34. The van der Waals surface area contributed by atoms with Crippen LogP contribution in [0, 0.1) is 5.92 Å². The third kappa shape index (κ3) is 2.55. The zero-order chi connectivity index (χ0) is 13.3. The first-order valence-electron chi connectivity index (χ1n) is 5.63. The van der Waals surface area contributed by atoms with Gasteiger partial charge in [-0.05, 0) is 18.8 Å². The van der Waals surface area contributed by atoms with E-state index in [9.17, 15) is 13.2 Å². The Kier molecular flexibility index (Phi) is 3.69. The van der Waals surface area contributed by atoms with E-state index in [0.717, 1.165) is 24.2 Å². The van der Waals surface area contributed by atoms with Crippen LogP contribution in [-0.4, -0.2) is 41.9 Å². The minimum Gasteiger partial charge on any atom is -0.476 e. The molecule has 0 atom stereocenters. The van der Waals surface area contributed by atoms with Gasteiger partial charge in [-0.25, -0.2) is 18.2 Å². The van der Waals surface area contributed by atoms with Crippen LogP contribution < -0.4 is 0 Å². The molecule has 0 unspecified atom stereocenters. The molecule has 0 radical (unpaired) electrons. The largest absolute Gasteiger partial charge is 0.476 e. The fraction of sp³-hybridized carbons (Fsp3) is 0.600. The van der Waals surface area contributed by atoms with Crippen LogP contribution in [0.25, 0.3) is 0 Å². The Bertz CT molecular complexity index is 548. The van der Waals surface area contributed by atoms with Crippen LogP contribution >= 0.6 is 11.3 Å². The Hall–Kier alpha value is -0.990. The molecule has 2 rings (SSSR count). The first-order chi connectivity index (χ1) is 8.46. The Balaban J connectivity index is 2.33. The number of carboxylic acids is 1. The molecule has 1 N–H and O–H groups in total. The first-order valence-corrected chi connectivity index (χ1v) is 7.95. The Morgan fingerprint density at radius 3 is 2.78 bits per heavy atom. The lowest BCUT2D eigenvalue weighted by Crippen LogP contribution is -2.33. The number of carboxylic acid groups (broad SMARTS) is 1. The van der Waals surface area contributed by atoms with Crippen molar-refractivity contribution < 1.29 is 18.3 Å². The normalized spacial score (nSPS) is 16.1. The van der Waals surface area contributed by atoms with Crippen molar-refractivity contribution in [3.05, 3.63) is 11.2 Å². The molecule has 0 aromatic carbocycles. The van der Waals surface area contributed by atoms with Gasteiger partial charge in [-0.2, -0.15) is 4.31 Å². The van der Waals surface area contributed by atoms with E-state index in [1.54, 1.807) is 6.92 Å². The minimum atomic E-state index is -3.73. The smallest absolute Gasteiger partial charge is 0.356 e. The van der Waals surface area contributed by atoms with E-state index in [0.29, 0.717) is 19.0 Å². The minimum absolute atomic E-state index is 0.169. The standard InChI is InChI=1S/C10H14N2O4S2/c1-2-12(5-7-3-4-7)18(15,16)10-8(9(13)14)11-6-17-10/h6-7H,2-5H2,1H3,(H,13,14). The summed E-state index contributed by atoms with van der Waals surface area (Å²) in [5, 5.41) is 8.93. The molecule has 0 spiro atoms. The molecule has 1 aromatic heterocycles. The fourth-order valence-electron chi connectivity index (χ4n) is 1.66. The fourth-order valence-corrected chi connectivity index (χ4v) is 4.47. The van der Waals surface area contributed by atoms with Gasteiger partial charge >= 0.3 is 5.97 Å². The summed E-state index contributed by atoms with van der Waals surface area (Å²) in [5.74, 6) is -0.891. The van der Waals surface area contributed by atoms with Gasteiger partial charge in [0.15, 0.2) is 9.90 Å². The van der Waals surface area contributed by atoms with Gasteiger partial charge in [0.1, 0.15) is 0 Å². The van der Waals surface area contributed by atoms with E-state index < -0.39 is 16.0 Å². The summed E-state index contributed by atoms with van der Waals surface area (Å²) in [7, 11) is -3.73. The van der Waals surface area contributed by atoms with Crippen molar-refractivity contribution in [2.45, 2.75) is 24.0 Å². The predicted molar refractivity (Wildman–Crippen MR) is 66.2 cm³/mol. The summed E-state index contributed by atoms with van der Waals surface area (Å²) in [6, 6.07) is 0. The number of hydrogen-bond donors (Lipinski definition) is 1. The number of aromatic carboxylic acids is 1. The lowest BCUT2D eigenvalue weighted by atomic mass is 10.4. The molecule has 1 heterocycles. The van der Waals surface area contributed by atoms with Crippen molar-refractivity contribution in [2.75, 3.05) is 13.1 Å². The molecule has 0 bridgehead atoms. The second-order valence-corrected chi connectivity index (χ2v) is 7.18. The number of rotatable bonds is 6. The summed E-state index contributed by atoms with van der Waals surface area (Å²) in [4.78, 5) is 14.5. The van der Waals surface area contributed by atoms with Gasteiger partial charge in [-0.1, -0.05) is 6.92 Å². The van der Waals surface area contributed by atoms with Crippen LogP contribution in [0.4, 0.5) is 0 Å². The maximum atomic E-state index is 12.3. The maximum absolute atomic E-state index is 12.3. The Morgan fingerprint density at radius 2 is 2.28 bits per heavy atom. The van der Waals surface area contributed by atoms with Gasteiger partial charge < -0.3 is 5.11 Å². The quantitative estimate of drug-likeness (QED) is 0.852. The van der Waals surface area contributed by atoms with Crippen LogP contribution in [-0.2, 0) is 10.0 Å². The lowest BCUT2D eigenvalue weighted by Gasteiger charge is -2.19. The van der Waals surface area contributed by atoms with Crippen molar-refractivity contribution in [3.8, 4) is 0 Å². The number of thiazole rings is 1. The van der Waals surface area contributed by atoms with E-state index in [1.807, 2.05) is 0 Å². The molecule has 1 aliphatic carbocycles. The van der Waals surface area contributed by atoms with Crippen LogP contribution in [0.15, 0.2) is 9.72 Å². The predicted octanol–water partition coefficient (Wildman–Crippen LogP) is 1.26. The Labute approximate surface area is 109 Å². The number of nitrogens with zero attached hydrogens (tertiary/aromatic N) is 2. The second-order valence-electron chi connectivity index (χ2n) is 4.19. The van der Waals surface area contributed by atoms with Gasteiger partial charge in [-0.3, -0.25) is 0 Å². The van der Waals surface area contributed by atoms with Gasteiger partial charge in [0.05, 0.1) is 5.51 Å². The summed E-state index contributed by atoms with van der Waals surface area (Å²) >= 11 is 0.854. The molecule has 100 valence electrons. The number of sulfonamides is 1. The van der Waals surface area contributed by atoms with Crippen LogP contribution in [0.1, 0.15) is 30.3 Å². The third-order valence-corrected chi connectivity index (χ3v) is 6.11. The van der Waals surface area contributed by atoms with E-state index in [1.165, 1.54) is 9.82 Å². The molecular formula is C10H14N2O4S2. The molecule has 1 aliphatic rings. The molecule has 0 amide bonds. The SMILES string of the molecule is CCN(CC1CC1)S(=O)(=O)c1scnc1C(=O)O. The summed E-state index contributed by atoms with van der Waals surface area (Å²) < 4.78 is 25.9. The van der Waals surface area contributed by atoms with Crippen LogP contribution in [0.2, 0.25) is 0 Å². The number of aromatic nitrogens is 1. The zero-order valence-corrected chi connectivity index (χ0v) is 11.5. The molecule has 8 heteroatoms. The monoisotopic (exact) mass is 290 g/mol. The average Bonchev–Trinajstić information content (AvgIpc) is 2.97.